The van der Waals surface area contributed by atoms with E-state index in [0.29, 0.717) is 6.54 Å². The summed E-state index contributed by atoms with van der Waals surface area (Å²) in [5, 5.41) is 18.6. The zero-order valence-electron chi connectivity index (χ0n) is 10.9. The minimum absolute atomic E-state index is 0.0174. The topological polar surface area (TPSA) is 64.0 Å². The number of hydrogen-bond donors (Lipinski definition) is 2. The number of carbonyl (C=O) groups is 1. The molecule has 1 fully saturated rings. The van der Waals surface area contributed by atoms with Gasteiger partial charge in [0.05, 0.1) is 13.2 Å². The van der Waals surface area contributed by atoms with Gasteiger partial charge in [0.15, 0.2) is 0 Å². The highest BCUT2D eigenvalue weighted by Gasteiger charge is 2.27. The minimum atomic E-state index is -0.453. The Hall–Kier alpha value is -0.650. The third-order valence-corrected chi connectivity index (χ3v) is 3.40. The lowest BCUT2D eigenvalue weighted by molar-refractivity contribution is -0.128. The smallest absolute Gasteiger partial charge is 0.219 e. The van der Waals surface area contributed by atoms with Gasteiger partial charge in [-0.15, -0.1) is 0 Å². The van der Waals surface area contributed by atoms with Gasteiger partial charge in [-0.2, -0.15) is 0 Å². The molecule has 5 heteroatoms. The molecule has 0 unspecified atom stereocenters. The van der Waals surface area contributed by atoms with E-state index in [0.717, 1.165) is 32.6 Å². The molecule has 0 radical (unpaired) electrons. The molecule has 0 saturated carbocycles. The van der Waals surface area contributed by atoms with Crippen molar-refractivity contribution in [2.45, 2.75) is 20.3 Å². The van der Waals surface area contributed by atoms with E-state index in [9.17, 15) is 15.0 Å². The van der Waals surface area contributed by atoms with Crippen molar-refractivity contribution in [2.75, 3.05) is 45.9 Å². The lowest BCUT2D eigenvalue weighted by Gasteiger charge is -2.32. The summed E-state index contributed by atoms with van der Waals surface area (Å²) < 4.78 is 0. The Morgan fingerprint density at radius 3 is 2.35 bits per heavy atom. The molecule has 100 valence electrons. The highest BCUT2D eigenvalue weighted by atomic mass is 16.3. The van der Waals surface area contributed by atoms with Crippen LogP contribution in [0.15, 0.2) is 0 Å². The third-order valence-electron chi connectivity index (χ3n) is 3.40. The van der Waals surface area contributed by atoms with Gasteiger partial charge < -0.3 is 20.0 Å². The Labute approximate surface area is 103 Å². The summed E-state index contributed by atoms with van der Waals surface area (Å²) in [7, 11) is 0. The third kappa shape index (κ3) is 4.26. The molecular formula is C12H24N2O3. The van der Waals surface area contributed by atoms with Gasteiger partial charge in [0.25, 0.3) is 0 Å². The van der Waals surface area contributed by atoms with Gasteiger partial charge in [-0.05, 0) is 13.0 Å². The van der Waals surface area contributed by atoms with E-state index in [1.54, 1.807) is 6.92 Å². The number of hydrogen-bond acceptors (Lipinski definition) is 4. The van der Waals surface area contributed by atoms with Gasteiger partial charge in [0.1, 0.15) is 0 Å². The van der Waals surface area contributed by atoms with Crippen molar-refractivity contribution >= 4 is 5.91 Å². The fraction of sp³-hybridized carbons (Fsp3) is 0.917. The summed E-state index contributed by atoms with van der Waals surface area (Å²) in [4.78, 5) is 15.4. The van der Waals surface area contributed by atoms with E-state index in [-0.39, 0.29) is 19.1 Å². The lowest BCUT2D eigenvalue weighted by Crippen LogP contribution is -2.42. The fourth-order valence-electron chi connectivity index (χ4n) is 2.13. The first-order valence-corrected chi connectivity index (χ1v) is 6.20. The molecule has 0 aliphatic carbocycles. The average molecular weight is 244 g/mol. The first-order valence-electron chi connectivity index (χ1n) is 6.20. The minimum Gasteiger partial charge on any atom is -0.396 e. The fourth-order valence-corrected chi connectivity index (χ4v) is 2.13. The van der Waals surface area contributed by atoms with Gasteiger partial charge in [0.2, 0.25) is 5.91 Å². The van der Waals surface area contributed by atoms with Crippen LogP contribution in [0.4, 0.5) is 0 Å². The zero-order chi connectivity index (χ0) is 12.9. The normalized spacial score (nSPS) is 19.2. The quantitative estimate of drug-likeness (QED) is 0.702. The Morgan fingerprint density at radius 2 is 1.82 bits per heavy atom. The maximum Gasteiger partial charge on any atom is 0.219 e. The number of aliphatic hydroxyl groups excluding tert-OH is 2. The van der Waals surface area contributed by atoms with E-state index in [1.807, 2.05) is 11.8 Å². The van der Waals surface area contributed by atoms with Crippen LogP contribution >= 0.6 is 0 Å². The highest BCUT2D eigenvalue weighted by molar-refractivity contribution is 5.73. The Kier molecular flexibility index (Phi) is 5.36. The van der Waals surface area contributed by atoms with E-state index in [1.165, 1.54) is 0 Å². The molecule has 0 aromatic rings. The largest absolute Gasteiger partial charge is 0.396 e. The summed E-state index contributed by atoms with van der Waals surface area (Å²) >= 11 is 0. The van der Waals surface area contributed by atoms with E-state index in [2.05, 4.69) is 4.90 Å². The predicted molar refractivity (Wildman–Crippen MR) is 65.6 cm³/mol. The molecule has 17 heavy (non-hydrogen) atoms. The number of amides is 1. The van der Waals surface area contributed by atoms with E-state index in [4.69, 9.17) is 0 Å². The predicted octanol–water partition coefficient (Wildman–Crippen LogP) is -0.468. The molecule has 0 atom stereocenters. The van der Waals surface area contributed by atoms with Crippen molar-refractivity contribution in [3.63, 3.8) is 0 Å². The number of nitrogens with zero attached hydrogens (tertiary/aromatic N) is 2. The van der Waals surface area contributed by atoms with Crippen molar-refractivity contribution in [2.24, 2.45) is 5.41 Å². The SMILES string of the molecule is CC(=O)N1CCCN(CC(C)(CO)CO)CC1. The van der Waals surface area contributed by atoms with Crippen LogP contribution in [0.2, 0.25) is 0 Å². The van der Waals surface area contributed by atoms with Crippen LogP contribution in [0.1, 0.15) is 20.3 Å². The maximum absolute atomic E-state index is 11.3. The molecule has 1 amide bonds. The molecule has 1 aliphatic rings. The summed E-state index contributed by atoms with van der Waals surface area (Å²) in [5.74, 6) is 0.124. The highest BCUT2D eigenvalue weighted by Crippen LogP contribution is 2.17. The molecule has 1 saturated heterocycles. The molecule has 0 aromatic carbocycles. The van der Waals surface area contributed by atoms with Crippen LogP contribution in [0.3, 0.4) is 0 Å². The molecule has 2 N–H and O–H groups in total. The maximum atomic E-state index is 11.3. The van der Waals surface area contributed by atoms with Crippen LogP contribution < -0.4 is 0 Å². The molecule has 1 rings (SSSR count). The Morgan fingerprint density at radius 1 is 1.18 bits per heavy atom. The number of carbonyl (C=O) groups excluding carboxylic acids is 1. The summed E-state index contributed by atoms with van der Waals surface area (Å²) in [6.07, 6.45) is 0.951. The van der Waals surface area contributed by atoms with Gasteiger partial charge in [0, 0.05) is 38.5 Å². The Balaban J connectivity index is 2.49. The van der Waals surface area contributed by atoms with Crippen LogP contribution in [-0.2, 0) is 4.79 Å². The molecule has 5 nitrogen and oxygen atoms in total. The van der Waals surface area contributed by atoms with Gasteiger partial charge in [-0.3, -0.25) is 4.79 Å². The van der Waals surface area contributed by atoms with E-state index >= 15 is 0 Å². The average Bonchev–Trinajstić information content (AvgIpc) is 2.54. The van der Waals surface area contributed by atoms with Crippen LogP contribution in [0.25, 0.3) is 0 Å². The van der Waals surface area contributed by atoms with Crippen molar-refractivity contribution < 1.29 is 15.0 Å². The van der Waals surface area contributed by atoms with Gasteiger partial charge in [-0.25, -0.2) is 0 Å². The second-order valence-corrected chi connectivity index (χ2v) is 5.26. The molecule has 0 aromatic heterocycles. The van der Waals surface area contributed by atoms with Gasteiger partial charge >= 0.3 is 0 Å². The van der Waals surface area contributed by atoms with E-state index < -0.39 is 5.41 Å². The molecule has 0 bridgehead atoms. The van der Waals surface area contributed by atoms with Crippen LogP contribution in [0.5, 0.6) is 0 Å². The molecule has 1 aliphatic heterocycles. The first-order chi connectivity index (χ1) is 8.00. The molecule has 1 heterocycles. The summed E-state index contributed by atoms with van der Waals surface area (Å²) in [6.45, 7) is 7.39. The summed E-state index contributed by atoms with van der Waals surface area (Å²) in [6, 6.07) is 0. The zero-order valence-corrected chi connectivity index (χ0v) is 10.9. The van der Waals surface area contributed by atoms with Crippen LogP contribution in [-0.4, -0.2) is 71.9 Å². The van der Waals surface area contributed by atoms with Crippen molar-refractivity contribution in [1.82, 2.24) is 9.80 Å². The van der Waals surface area contributed by atoms with Crippen molar-refractivity contribution in [1.29, 1.82) is 0 Å². The summed E-state index contributed by atoms with van der Waals surface area (Å²) in [5.41, 5.74) is -0.453. The first kappa shape index (κ1) is 14.4. The Bertz CT molecular complexity index is 254. The van der Waals surface area contributed by atoms with Gasteiger partial charge in [-0.1, -0.05) is 6.92 Å². The van der Waals surface area contributed by atoms with Crippen molar-refractivity contribution in [3.8, 4) is 0 Å². The number of aliphatic hydroxyl groups is 2. The second kappa shape index (κ2) is 6.33. The molecular weight excluding hydrogens is 220 g/mol. The number of rotatable bonds is 4. The molecule has 0 spiro atoms. The second-order valence-electron chi connectivity index (χ2n) is 5.26. The van der Waals surface area contributed by atoms with Crippen molar-refractivity contribution in [3.05, 3.63) is 0 Å². The lowest BCUT2D eigenvalue weighted by atomic mass is 9.92. The van der Waals surface area contributed by atoms with Crippen LogP contribution in [0, 0.1) is 5.41 Å². The standard InChI is InChI=1S/C12H24N2O3/c1-11(17)14-5-3-4-13(6-7-14)8-12(2,9-15)10-16/h15-16H,3-10H2,1-2H3. The monoisotopic (exact) mass is 244 g/mol.